The number of rotatable bonds is 5. The van der Waals surface area contributed by atoms with Crippen LogP contribution >= 0.6 is 0 Å². The highest BCUT2D eigenvalue weighted by Crippen LogP contribution is 2.20. The van der Waals surface area contributed by atoms with E-state index in [-0.39, 0.29) is 23.4 Å². The Morgan fingerprint density at radius 2 is 2.21 bits per heavy atom. The van der Waals surface area contributed by atoms with Gasteiger partial charge >= 0.3 is 0 Å². The molecule has 0 spiro atoms. The minimum atomic E-state index is -3.57. The number of hydrogen-bond donors (Lipinski definition) is 3. The maximum absolute atomic E-state index is 12.2. The number of aromatic amines is 1. The Morgan fingerprint density at radius 3 is 2.89 bits per heavy atom. The SMILES string of the molecule is CC(C)C(N)CNS(=O)(=O)c1c[nH]c2ncccc12. The molecule has 1 atom stereocenters. The van der Waals surface area contributed by atoms with Gasteiger partial charge in [-0.1, -0.05) is 13.8 Å². The van der Waals surface area contributed by atoms with Crippen LogP contribution in [-0.4, -0.2) is 31.0 Å². The number of hydrogen-bond acceptors (Lipinski definition) is 4. The van der Waals surface area contributed by atoms with Crippen LogP contribution < -0.4 is 10.5 Å². The molecule has 0 aromatic carbocycles. The topological polar surface area (TPSA) is 101 Å². The van der Waals surface area contributed by atoms with Crippen molar-refractivity contribution in [2.45, 2.75) is 24.8 Å². The first-order valence-corrected chi connectivity index (χ1v) is 7.57. The molecular formula is C12H18N4O2S. The predicted octanol–water partition coefficient (Wildman–Crippen LogP) is 0.825. The molecular weight excluding hydrogens is 264 g/mol. The standard InChI is InChI=1S/C12H18N4O2S/c1-8(2)10(13)6-16-19(17,18)11-7-15-12-9(11)4-3-5-14-12/h3-5,7-8,10,16H,6,13H2,1-2H3,(H,14,15). The first kappa shape index (κ1) is 14.0. The molecule has 0 saturated carbocycles. The molecule has 19 heavy (non-hydrogen) atoms. The Labute approximate surface area is 112 Å². The number of H-pyrrole nitrogens is 1. The summed E-state index contributed by atoms with van der Waals surface area (Å²) < 4.78 is 27.0. The Kier molecular flexibility index (Phi) is 3.88. The molecule has 1 unspecified atom stereocenters. The van der Waals surface area contributed by atoms with Gasteiger partial charge < -0.3 is 10.7 Å². The van der Waals surface area contributed by atoms with Gasteiger partial charge in [0.15, 0.2) is 0 Å². The van der Waals surface area contributed by atoms with Crippen molar-refractivity contribution in [1.29, 1.82) is 0 Å². The first-order valence-electron chi connectivity index (χ1n) is 6.09. The lowest BCUT2D eigenvalue weighted by molar-refractivity contribution is 0.481. The summed E-state index contributed by atoms with van der Waals surface area (Å²) in [5.41, 5.74) is 6.39. The van der Waals surface area contributed by atoms with E-state index < -0.39 is 10.0 Å². The second-order valence-electron chi connectivity index (χ2n) is 4.81. The lowest BCUT2D eigenvalue weighted by atomic mass is 10.1. The highest BCUT2D eigenvalue weighted by molar-refractivity contribution is 7.89. The van der Waals surface area contributed by atoms with E-state index in [1.807, 2.05) is 13.8 Å². The van der Waals surface area contributed by atoms with Gasteiger partial charge in [0.25, 0.3) is 0 Å². The van der Waals surface area contributed by atoms with Gasteiger partial charge in [0, 0.05) is 30.4 Å². The van der Waals surface area contributed by atoms with Gasteiger partial charge in [-0.3, -0.25) is 0 Å². The third-order valence-electron chi connectivity index (χ3n) is 3.07. The fourth-order valence-corrected chi connectivity index (χ4v) is 2.91. The summed E-state index contributed by atoms with van der Waals surface area (Å²) in [4.78, 5) is 7.11. The molecule has 4 N–H and O–H groups in total. The van der Waals surface area contributed by atoms with Gasteiger partial charge in [0.05, 0.1) is 0 Å². The molecule has 2 heterocycles. The highest BCUT2D eigenvalue weighted by Gasteiger charge is 2.20. The van der Waals surface area contributed by atoms with Crippen molar-refractivity contribution in [3.63, 3.8) is 0 Å². The average Bonchev–Trinajstić information content (AvgIpc) is 2.80. The van der Waals surface area contributed by atoms with E-state index in [0.717, 1.165) is 0 Å². The maximum Gasteiger partial charge on any atom is 0.242 e. The molecule has 0 aliphatic rings. The van der Waals surface area contributed by atoms with Crippen LogP contribution in [0.25, 0.3) is 11.0 Å². The molecule has 2 aromatic rings. The number of sulfonamides is 1. The molecule has 0 fully saturated rings. The zero-order chi connectivity index (χ0) is 14.0. The van der Waals surface area contributed by atoms with Crippen LogP contribution in [0.2, 0.25) is 0 Å². The Balaban J connectivity index is 2.25. The molecule has 0 radical (unpaired) electrons. The predicted molar refractivity (Wildman–Crippen MR) is 74.1 cm³/mol. The summed E-state index contributed by atoms with van der Waals surface area (Å²) in [7, 11) is -3.57. The van der Waals surface area contributed by atoms with Crippen LogP contribution in [0.5, 0.6) is 0 Å². The number of nitrogens with one attached hydrogen (secondary N) is 2. The molecule has 0 aliphatic carbocycles. The minimum absolute atomic E-state index is 0.201. The zero-order valence-electron chi connectivity index (χ0n) is 10.9. The van der Waals surface area contributed by atoms with E-state index in [2.05, 4.69) is 14.7 Å². The van der Waals surface area contributed by atoms with Gasteiger partial charge in [0.2, 0.25) is 10.0 Å². The molecule has 104 valence electrons. The van der Waals surface area contributed by atoms with Crippen molar-refractivity contribution >= 4 is 21.1 Å². The third kappa shape index (κ3) is 2.94. The van der Waals surface area contributed by atoms with Crippen molar-refractivity contribution < 1.29 is 8.42 Å². The maximum atomic E-state index is 12.2. The van der Waals surface area contributed by atoms with Crippen LogP contribution in [-0.2, 0) is 10.0 Å². The van der Waals surface area contributed by atoms with Gasteiger partial charge in [-0.15, -0.1) is 0 Å². The van der Waals surface area contributed by atoms with E-state index >= 15 is 0 Å². The normalized spacial score (nSPS) is 14.1. The van der Waals surface area contributed by atoms with Crippen molar-refractivity contribution in [1.82, 2.24) is 14.7 Å². The van der Waals surface area contributed by atoms with Crippen molar-refractivity contribution in [2.24, 2.45) is 11.7 Å². The number of fused-ring (bicyclic) bond motifs is 1. The van der Waals surface area contributed by atoms with E-state index in [0.29, 0.717) is 11.0 Å². The fraction of sp³-hybridized carbons (Fsp3) is 0.417. The Bertz CT molecular complexity index is 663. The Morgan fingerprint density at radius 1 is 1.47 bits per heavy atom. The minimum Gasteiger partial charge on any atom is -0.345 e. The van der Waals surface area contributed by atoms with Crippen molar-refractivity contribution in [3.05, 3.63) is 24.5 Å². The first-order chi connectivity index (χ1) is 8.92. The second kappa shape index (κ2) is 5.28. The largest absolute Gasteiger partial charge is 0.345 e. The summed E-state index contributed by atoms with van der Waals surface area (Å²) >= 11 is 0. The van der Waals surface area contributed by atoms with E-state index in [1.54, 1.807) is 18.3 Å². The zero-order valence-corrected chi connectivity index (χ0v) is 11.7. The third-order valence-corrected chi connectivity index (χ3v) is 4.53. The summed E-state index contributed by atoms with van der Waals surface area (Å²) in [6.07, 6.45) is 3.05. The molecule has 2 aromatic heterocycles. The van der Waals surface area contributed by atoms with Crippen LogP contribution in [0.3, 0.4) is 0 Å². The molecule has 0 bridgehead atoms. The second-order valence-corrected chi connectivity index (χ2v) is 6.55. The van der Waals surface area contributed by atoms with E-state index in [4.69, 9.17) is 5.73 Å². The molecule has 0 amide bonds. The quantitative estimate of drug-likeness (QED) is 0.756. The monoisotopic (exact) mass is 282 g/mol. The lowest BCUT2D eigenvalue weighted by Crippen LogP contribution is -2.40. The number of nitrogens with two attached hydrogens (primary N) is 1. The number of pyridine rings is 1. The number of aromatic nitrogens is 2. The summed E-state index contributed by atoms with van der Waals surface area (Å²) in [5.74, 6) is 0.215. The van der Waals surface area contributed by atoms with Gasteiger partial charge in [-0.2, -0.15) is 0 Å². The number of nitrogens with zero attached hydrogens (tertiary/aromatic N) is 1. The smallest absolute Gasteiger partial charge is 0.242 e. The van der Waals surface area contributed by atoms with Crippen LogP contribution in [0.4, 0.5) is 0 Å². The van der Waals surface area contributed by atoms with Crippen molar-refractivity contribution in [2.75, 3.05) is 6.54 Å². The van der Waals surface area contributed by atoms with Gasteiger partial charge in [-0.25, -0.2) is 18.1 Å². The average molecular weight is 282 g/mol. The molecule has 0 saturated heterocycles. The van der Waals surface area contributed by atoms with E-state index in [9.17, 15) is 8.42 Å². The van der Waals surface area contributed by atoms with Crippen molar-refractivity contribution in [3.8, 4) is 0 Å². The molecule has 6 nitrogen and oxygen atoms in total. The Hall–Kier alpha value is -1.44. The summed E-state index contributed by atoms with van der Waals surface area (Å²) in [6.45, 7) is 4.12. The molecule has 0 aliphatic heterocycles. The van der Waals surface area contributed by atoms with Crippen LogP contribution in [0.1, 0.15) is 13.8 Å². The molecule has 2 rings (SSSR count). The summed E-state index contributed by atoms with van der Waals surface area (Å²) in [5, 5.41) is 0.577. The van der Waals surface area contributed by atoms with Gasteiger partial charge in [0.1, 0.15) is 10.5 Å². The fourth-order valence-electron chi connectivity index (χ4n) is 1.67. The van der Waals surface area contributed by atoms with Crippen LogP contribution in [0, 0.1) is 5.92 Å². The highest BCUT2D eigenvalue weighted by atomic mass is 32.2. The molecule has 7 heteroatoms. The van der Waals surface area contributed by atoms with E-state index in [1.165, 1.54) is 6.20 Å². The summed E-state index contributed by atoms with van der Waals surface area (Å²) in [6, 6.07) is 3.21. The lowest BCUT2D eigenvalue weighted by Gasteiger charge is -2.15. The van der Waals surface area contributed by atoms with Gasteiger partial charge in [-0.05, 0) is 18.1 Å². The van der Waals surface area contributed by atoms with Crippen LogP contribution in [0.15, 0.2) is 29.4 Å².